The molecule has 3 nitrogen and oxygen atoms in total. The van der Waals surface area contributed by atoms with Gasteiger partial charge in [-0.05, 0) is 38.0 Å². The van der Waals surface area contributed by atoms with Crippen LogP contribution in [0.25, 0.3) is 0 Å². The van der Waals surface area contributed by atoms with Gasteiger partial charge in [0.2, 0.25) is 0 Å². The normalized spacial score (nSPS) is 9.68. The molecule has 0 aliphatic carbocycles. The van der Waals surface area contributed by atoms with E-state index in [1.165, 1.54) is 0 Å². The fraction of sp³-hybridized carbons (Fsp3) is 0.438. The van der Waals surface area contributed by atoms with Crippen LogP contribution >= 0.6 is 0 Å². The lowest BCUT2D eigenvalue weighted by Crippen LogP contribution is -2.32. The van der Waals surface area contributed by atoms with E-state index in [-0.39, 0.29) is 5.91 Å². The van der Waals surface area contributed by atoms with Gasteiger partial charge in [0.1, 0.15) is 0 Å². The van der Waals surface area contributed by atoms with Crippen molar-refractivity contribution in [3.05, 3.63) is 34.9 Å². The van der Waals surface area contributed by atoms with Crippen LogP contribution in [0.3, 0.4) is 0 Å². The van der Waals surface area contributed by atoms with Crippen LogP contribution in [0.4, 0.5) is 0 Å². The minimum Gasteiger partial charge on any atom is -0.339 e. The van der Waals surface area contributed by atoms with Crippen LogP contribution in [0.2, 0.25) is 0 Å². The summed E-state index contributed by atoms with van der Waals surface area (Å²) in [4.78, 5) is 14.3. The summed E-state index contributed by atoms with van der Waals surface area (Å²) in [6.07, 6.45) is 0.954. The zero-order valence-corrected chi connectivity index (χ0v) is 12.0. The molecule has 0 aliphatic heterocycles. The minimum atomic E-state index is 0.0469. The molecule has 0 radical (unpaired) electrons. The molecule has 0 unspecified atom stereocenters. The predicted molar refractivity (Wildman–Crippen MR) is 79.0 cm³/mol. The second kappa shape index (κ2) is 7.60. The molecule has 0 spiro atoms. The highest BCUT2D eigenvalue weighted by Gasteiger charge is 2.16. The lowest BCUT2D eigenvalue weighted by atomic mass is 10.0. The van der Waals surface area contributed by atoms with Crippen molar-refractivity contribution in [1.29, 1.82) is 0 Å². The SMILES string of the molecule is CCCN(CC)C(=O)c1ccc(C)cc1C#CCN. The van der Waals surface area contributed by atoms with Crippen LogP contribution in [0.1, 0.15) is 41.8 Å². The molecular weight excluding hydrogens is 236 g/mol. The Kier molecular flexibility index (Phi) is 6.11. The highest BCUT2D eigenvalue weighted by atomic mass is 16.2. The van der Waals surface area contributed by atoms with E-state index < -0.39 is 0 Å². The van der Waals surface area contributed by atoms with E-state index in [0.717, 1.165) is 24.1 Å². The molecule has 0 aliphatic rings. The number of amides is 1. The number of nitrogens with zero attached hydrogens (tertiary/aromatic N) is 1. The Morgan fingerprint density at radius 1 is 1.37 bits per heavy atom. The Labute approximate surface area is 115 Å². The molecule has 0 saturated heterocycles. The topological polar surface area (TPSA) is 46.3 Å². The zero-order valence-electron chi connectivity index (χ0n) is 12.0. The van der Waals surface area contributed by atoms with Gasteiger partial charge in [-0.2, -0.15) is 0 Å². The molecule has 0 bridgehead atoms. The number of hydrogen-bond donors (Lipinski definition) is 1. The van der Waals surface area contributed by atoms with Crippen LogP contribution in [0.5, 0.6) is 0 Å². The van der Waals surface area contributed by atoms with E-state index in [1.54, 1.807) is 0 Å². The summed E-state index contributed by atoms with van der Waals surface area (Å²) in [5.74, 6) is 5.86. The number of benzene rings is 1. The van der Waals surface area contributed by atoms with E-state index in [1.807, 2.05) is 36.9 Å². The molecule has 1 aromatic rings. The quantitative estimate of drug-likeness (QED) is 0.841. The summed E-state index contributed by atoms with van der Waals surface area (Å²) in [6, 6.07) is 5.74. The van der Waals surface area contributed by atoms with E-state index >= 15 is 0 Å². The molecule has 0 aromatic heterocycles. The fourth-order valence-electron chi connectivity index (χ4n) is 1.94. The first-order valence-electron chi connectivity index (χ1n) is 6.72. The van der Waals surface area contributed by atoms with Crippen molar-refractivity contribution < 1.29 is 4.79 Å². The maximum absolute atomic E-state index is 12.5. The van der Waals surface area contributed by atoms with Gasteiger partial charge in [-0.1, -0.05) is 24.8 Å². The Morgan fingerprint density at radius 3 is 2.68 bits per heavy atom. The third-order valence-corrected chi connectivity index (χ3v) is 2.89. The third-order valence-electron chi connectivity index (χ3n) is 2.89. The fourth-order valence-corrected chi connectivity index (χ4v) is 1.94. The van der Waals surface area contributed by atoms with Gasteiger partial charge in [0, 0.05) is 18.7 Å². The molecule has 0 saturated carbocycles. The molecule has 1 amide bonds. The predicted octanol–water partition coefficient (Wildman–Crippen LogP) is 2.18. The summed E-state index contributed by atoms with van der Waals surface area (Å²) >= 11 is 0. The molecule has 0 atom stereocenters. The molecule has 0 fully saturated rings. The van der Waals surface area contributed by atoms with Crippen LogP contribution in [-0.2, 0) is 0 Å². The Morgan fingerprint density at radius 2 is 2.11 bits per heavy atom. The second-order valence-electron chi connectivity index (χ2n) is 4.44. The smallest absolute Gasteiger partial charge is 0.255 e. The standard InChI is InChI=1S/C16H22N2O/c1-4-11-18(5-2)16(19)15-9-8-13(3)12-14(15)7-6-10-17/h8-9,12H,4-5,10-11,17H2,1-3H3. The molecule has 1 rings (SSSR count). The highest BCUT2D eigenvalue weighted by Crippen LogP contribution is 2.14. The van der Waals surface area contributed by atoms with Crippen molar-refractivity contribution in [2.75, 3.05) is 19.6 Å². The van der Waals surface area contributed by atoms with Gasteiger partial charge in [-0.3, -0.25) is 4.79 Å². The number of carbonyl (C=O) groups excluding carboxylic acids is 1. The lowest BCUT2D eigenvalue weighted by Gasteiger charge is -2.21. The summed E-state index contributed by atoms with van der Waals surface area (Å²) < 4.78 is 0. The summed E-state index contributed by atoms with van der Waals surface area (Å²) in [7, 11) is 0. The number of aryl methyl sites for hydroxylation is 1. The monoisotopic (exact) mass is 258 g/mol. The van der Waals surface area contributed by atoms with Crippen molar-refractivity contribution in [2.45, 2.75) is 27.2 Å². The molecule has 2 N–H and O–H groups in total. The van der Waals surface area contributed by atoms with Gasteiger partial charge in [0.05, 0.1) is 12.1 Å². The Bertz CT molecular complexity index is 497. The van der Waals surface area contributed by atoms with Crippen molar-refractivity contribution in [3.63, 3.8) is 0 Å². The van der Waals surface area contributed by atoms with E-state index in [4.69, 9.17) is 5.73 Å². The average Bonchev–Trinajstić information content (AvgIpc) is 2.42. The third kappa shape index (κ3) is 4.11. The largest absolute Gasteiger partial charge is 0.339 e. The number of nitrogens with two attached hydrogens (primary N) is 1. The van der Waals surface area contributed by atoms with Gasteiger partial charge >= 0.3 is 0 Å². The first kappa shape index (κ1) is 15.3. The van der Waals surface area contributed by atoms with Crippen molar-refractivity contribution >= 4 is 5.91 Å². The highest BCUT2D eigenvalue weighted by molar-refractivity contribution is 5.96. The first-order chi connectivity index (χ1) is 9.13. The van der Waals surface area contributed by atoms with Gasteiger partial charge in [-0.15, -0.1) is 0 Å². The number of rotatable bonds is 4. The Balaban J connectivity index is 3.14. The van der Waals surface area contributed by atoms with Gasteiger partial charge in [0.25, 0.3) is 5.91 Å². The van der Waals surface area contributed by atoms with Crippen LogP contribution in [0.15, 0.2) is 18.2 Å². The van der Waals surface area contributed by atoms with Crippen molar-refractivity contribution in [3.8, 4) is 11.8 Å². The number of hydrogen-bond acceptors (Lipinski definition) is 2. The van der Waals surface area contributed by atoms with Crippen molar-refractivity contribution in [2.24, 2.45) is 5.73 Å². The van der Waals surface area contributed by atoms with E-state index in [9.17, 15) is 4.79 Å². The number of carbonyl (C=O) groups is 1. The van der Waals surface area contributed by atoms with Gasteiger partial charge in [0.15, 0.2) is 0 Å². The lowest BCUT2D eigenvalue weighted by molar-refractivity contribution is 0.0764. The molecule has 0 heterocycles. The maximum atomic E-state index is 12.5. The van der Waals surface area contributed by atoms with E-state index in [0.29, 0.717) is 18.7 Å². The molecule has 3 heteroatoms. The van der Waals surface area contributed by atoms with Gasteiger partial charge < -0.3 is 10.6 Å². The maximum Gasteiger partial charge on any atom is 0.255 e. The molecule has 102 valence electrons. The van der Waals surface area contributed by atoms with Crippen LogP contribution in [-0.4, -0.2) is 30.4 Å². The van der Waals surface area contributed by atoms with Crippen molar-refractivity contribution in [1.82, 2.24) is 4.90 Å². The Hall–Kier alpha value is -1.79. The molecular formula is C16H22N2O. The molecule has 1 aromatic carbocycles. The summed E-state index contributed by atoms with van der Waals surface area (Å²) in [6.45, 7) is 7.84. The first-order valence-corrected chi connectivity index (χ1v) is 6.72. The summed E-state index contributed by atoms with van der Waals surface area (Å²) in [5.41, 5.74) is 7.94. The average molecular weight is 258 g/mol. The van der Waals surface area contributed by atoms with E-state index in [2.05, 4.69) is 18.8 Å². The second-order valence-corrected chi connectivity index (χ2v) is 4.44. The van der Waals surface area contributed by atoms with Crippen LogP contribution < -0.4 is 5.73 Å². The molecule has 19 heavy (non-hydrogen) atoms. The van der Waals surface area contributed by atoms with Crippen LogP contribution in [0, 0.1) is 18.8 Å². The summed E-state index contributed by atoms with van der Waals surface area (Å²) in [5, 5.41) is 0. The van der Waals surface area contributed by atoms with Gasteiger partial charge in [-0.25, -0.2) is 0 Å². The zero-order chi connectivity index (χ0) is 14.3. The minimum absolute atomic E-state index is 0.0469.